The van der Waals surface area contributed by atoms with E-state index in [-0.39, 0.29) is 23.9 Å². The second-order valence-corrected chi connectivity index (χ2v) is 6.36. The zero-order valence-electron chi connectivity index (χ0n) is 12.0. The molecule has 2 amide bonds. The number of carbonyl (C=O) groups is 2. The number of urea groups is 1. The molecule has 1 saturated carbocycles. The van der Waals surface area contributed by atoms with Crippen molar-refractivity contribution in [1.82, 2.24) is 15.6 Å². The summed E-state index contributed by atoms with van der Waals surface area (Å²) < 4.78 is 0. The van der Waals surface area contributed by atoms with E-state index in [2.05, 4.69) is 15.6 Å². The van der Waals surface area contributed by atoms with Crippen molar-refractivity contribution in [1.29, 1.82) is 0 Å². The Hall–Kier alpha value is -1.63. The zero-order chi connectivity index (χ0) is 15.2. The topological polar surface area (TPSA) is 91.3 Å². The predicted octanol–water partition coefficient (Wildman–Crippen LogP) is 2.39. The van der Waals surface area contributed by atoms with Gasteiger partial charge in [-0.25, -0.2) is 9.78 Å². The smallest absolute Gasteiger partial charge is 0.315 e. The molecule has 0 radical (unpaired) electrons. The van der Waals surface area contributed by atoms with Gasteiger partial charge >= 0.3 is 12.0 Å². The Kier molecular flexibility index (Phi) is 5.55. The Morgan fingerprint density at radius 2 is 2.24 bits per heavy atom. The van der Waals surface area contributed by atoms with Crippen LogP contribution in [0.5, 0.6) is 0 Å². The monoisotopic (exact) mass is 311 g/mol. The molecule has 0 saturated heterocycles. The highest BCUT2D eigenvalue weighted by Gasteiger charge is 2.30. The lowest BCUT2D eigenvalue weighted by molar-refractivity contribution is -0.144. The van der Waals surface area contributed by atoms with Crippen LogP contribution < -0.4 is 10.6 Å². The van der Waals surface area contributed by atoms with Crippen LogP contribution in [0.4, 0.5) is 4.79 Å². The highest BCUT2D eigenvalue weighted by Crippen LogP contribution is 2.29. The third-order valence-electron chi connectivity index (χ3n) is 3.92. The first kappa shape index (κ1) is 15.8. The standard InChI is InChI=1S/C14H21N3O3S/c1-9(12-15-6-7-21-12)17-14(20)16-8-10-4-2-3-5-11(10)13(18)19/h6-7,9-11H,2-5,8H2,1H3,(H,18,19)(H2,16,17,20). The molecule has 1 fully saturated rings. The maximum absolute atomic E-state index is 11.9. The average molecular weight is 311 g/mol. The largest absolute Gasteiger partial charge is 0.481 e. The molecule has 3 atom stereocenters. The lowest BCUT2D eigenvalue weighted by atomic mass is 9.79. The van der Waals surface area contributed by atoms with E-state index < -0.39 is 5.97 Å². The van der Waals surface area contributed by atoms with Crippen molar-refractivity contribution in [2.75, 3.05) is 6.54 Å². The minimum absolute atomic E-state index is 0.0252. The minimum Gasteiger partial charge on any atom is -0.481 e. The number of nitrogens with one attached hydrogen (secondary N) is 2. The second-order valence-electron chi connectivity index (χ2n) is 5.44. The van der Waals surface area contributed by atoms with E-state index in [1.165, 1.54) is 11.3 Å². The van der Waals surface area contributed by atoms with E-state index in [0.717, 1.165) is 24.3 Å². The molecule has 0 aromatic carbocycles. The van der Waals surface area contributed by atoms with Crippen LogP contribution in [0, 0.1) is 11.8 Å². The number of nitrogens with zero attached hydrogens (tertiary/aromatic N) is 1. The van der Waals surface area contributed by atoms with Gasteiger partial charge in [0.05, 0.1) is 12.0 Å². The molecule has 1 aliphatic rings. The maximum Gasteiger partial charge on any atom is 0.315 e. The summed E-state index contributed by atoms with van der Waals surface area (Å²) in [4.78, 5) is 27.2. The third kappa shape index (κ3) is 4.42. The van der Waals surface area contributed by atoms with Crippen molar-refractivity contribution in [2.24, 2.45) is 11.8 Å². The van der Waals surface area contributed by atoms with Crippen LogP contribution in [0.25, 0.3) is 0 Å². The summed E-state index contributed by atoms with van der Waals surface area (Å²) in [7, 11) is 0. The van der Waals surface area contributed by atoms with E-state index in [1.54, 1.807) is 6.20 Å². The molecule has 3 unspecified atom stereocenters. The molecule has 1 aromatic heterocycles. The van der Waals surface area contributed by atoms with Crippen LogP contribution in [-0.2, 0) is 4.79 Å². The van der Waals surface area contributed by atoms with Gasteiger partial charge in [0.1, 0.15) is 5.01 Å². The first-order valence-electron chi connectivity index (χ1n) is 7.24. The van der Waals surface area contributed by atoms with E-state index >= 15 is 0 Å². The lowest BCUT2D eigenvalue weighted by Crippen LogP contribution is -2.42. The summed E-state index contributed by atoms with van der Waals surface area (Å²) in [5.74, 6) is -1.06. The van der Waals surface area contributed by atoms with Crippen LogP contribution in [0.15, 0.2) is 11.6 Å². The fourth-order valence-electron chi connectivity index (χ4n) is 2.76. The number of hydrogen-bond donors (Lipinski definition) is 3. The Bertz CT molecular complexity index is 478. The van der Waals surface area contributed by atoms with Crippen molar-refractivity contribution in [3.05, 3.63) is 16.6 Å². The Labute approximate surface area is 128 Å². The normalized spacial score (nSPS) is 23.3. The number of carbonyl (C=O) groups excluding carboxylic acids is 1. The molecule has 1 aliphatic carbocycles. The second kappa shape index (κ2) is 7.40. The molecule has 6 nitrogen and oxygen atoms in total. The molecular formula is C14H21N3O3S. The molecule has 2 rings (SSSR count). The van der Waals surface area contributed by atoms with Gasteiger partial charge in [0.15, 0.2) is 0 Å². The van der Waals surface area contributed by atoms with Gasteiger partial charge in [0, 0.05) is 18.1 Å². The SMILES string of the molecule is CC(NC(=O)NCC1CCCCC1C(=O)O)c1nccs1. The Balaban J connectivity index is 1.79. The van der Waals surface area contributed by atoms with Gasteiger partial charge in [-0.05, 0) is 25.7 Å². The molecule has 3 N–H and O–H groups in total. The molecule has 1 heterocycles. The van der Waals surface area contributed by atoms with Gasteiger partial charge in [-0.1, -0.05) is 12.8 Å². The highest BCUT2D eigenvalue weighted by molar-refractivity contribution is 7.09. The van der Waals surface area contributed by atoms with Crippen molar-refractivity contribution >= 4 is 23.3 Å². The van der Waals surface area contributed by atoms with Crippen LogP contribution in [-0.4, -0.2) is 28.6 Å². The maximum atomic E-state index is 11.9. The fraction of sp³-hybridized carbons (Fsp3) is 0.643. The number of carboxylic acids is 1. The quantitative estimate of drug-likeness (QED) is 0.778. The number of amides is 2. The molecule has 0 bridgehead atoms. The highest BCUT2D eigenvalue weighted by atomic mass is 32.1. The average Bonchev–Trinajstić information content (AvgIpc) is 2.99. The van der Waals surface area contributed by atoms with Gasteiger partial charge in [-0.2, -0.15) is 0 Å². The summed E-state index contributed by atoms with van der Waals surface area (Å²) in [6, 6.07) is -0.418. The van der Waals surface area contributed by atoms with Crippen molar-refractivity contribution in [3.8, 4) is 0 Å². The van der Waals surface area contributed by atoms with E-state index in [4.69, 9.17) is 0 Å². The van der Waals surface area contributed by atoms with Crippen molar-refractivity contribution in [3.63, 3.8) is 0 Å². The minimum atomic E-state index is -0.752. The van der Waals surface area contributed by atoms with Crippen molar-refractivity contribution < 1.29 is 14.7 Å². The predicted molar refractivity (Wildman–Crippen MR) is 80.1 cm³/mol. The summed E-state index contributed by atoms with van der Waals surface area (Å²) in [6.07, 6.45) is 5.27. The Morgan fingerprint density at radius 3 is 2.90 bits per heavy atom. The first-order chi connectivity index (χ1) is 10.1. The number of carboxylic acid groups (broad SMARTS) is 1. The molecule has 0 spiro atoms. The lowest BCUT2D eigenvalue weighted by Gasteiger charge is -2.28. The van der Waals surface area contributed by atoms with Crippen molar-refractivity contribution in [2.45, 2.75) is 38.6 Å². The molecule has 1 aromatic rings. The van der Waals surface area contributed by atoms with Gasteiger partial charge < -0.3 is 15.7 Å². The summed E-state index contributed by atoms with van der Waals surface area (Å²) in [5, 5.41) is 17.5. The van der Waals surface area contributed by atoms with Gasteiger partial charge in [0.2, 0.25) is 0 Å². The zero-order valence-corrected chi connectivity index (χ0v) is 12.9. The third-order valence-corrected chi connectivity index (χ3v) is 4.88. The number of thiazole rings is 1. The van der Waals surface area contributed by atoms with Crippen LogP contribution in [0.1, 0.15) is 43.7 Å². The fourth-order valence-corrected chi connectivity index (χ4v) is 3.40. The van der Waals surface area contributed by atoms with E-state index in [9.17, 15) is 14.7 Å². The van der Waals surface area contributed by atoms with Gasteiger partial charge in [-0.3, -0.25) is 4.79 Å². The first-order valence-corrected chi connectivity index (χ1v) is 8.12. The van der Waals surface area contributed by atoms with Crippen LogP contribution >= 0.6 is 11.3 Å². The van der Waals surface area contributed by atoms with Crippen LogP contribution in [0.2, 0.25) is 0 Å². The number of rotatable bonds is 5. The van der Waals surface area contributed by atoms with E-state index in [1.807, 2.05) is 12.3 Å². The summed E-state index contributed by atoms with van der Waals surface area (Å²) in [6.45, 7) is 2.28. The van der Waals surface area contributed by atoms with E-state index in [0.29, 0.717) is 13.0 Å². The van der Waals surface area contributed by atoms with Gasteiger partial charge in [-0.15, -0.1) is 11.3 Å². The summed E-state index contributed by atoms with van der Waals surface area (Å²) >= 11 is 1.49. The number of aromatic nitrogens is 1. The molecule has 21 heavy (non-hydrogen) atoms. The number of hydrogen-bond acceptors (Lipinski definition) is 4. The molecular weight excluding hydrogens is 290 g/mol. The molecule has 116 valence electrons. The van der Waals surface area contributed by atoms with Gasteiger partial charge in [0.25, 0.3) is 0 Å². The number of aliphatic carboxylic acids is 1. The Morgan fingerprint density at radius 1 is 1.48 bits per heavy atom. The molecule has 0 aliphatic heterocycles. The molecule has 7 heteroatoms. The van der Waals surface area contributed by atoms with Crippen LogP contribution in [0.3, 0.4) is 0 Å². The summed E-state index contributed by atoms with van der Waals surface area (Å²) in [5.41, 5.74) is 0.